The highest BCUT2D eigenvalue weighted by Crippen LogP contribution is 2.30. The standard InChI is InChI=1S/C27H36F2N4O2/c1-4-13-30-26(34)24(18-19(2)3)31-27(35)33-16-14-32(15-17-33)25(20-5-9-22(28)10-6-20)21-7-11-23(29)12-8-21/h5-12,19,24-25H,4,13-18H2,1-3H3,(H,30,34)(H,31,35)/t24-/m0/s1. The van der Waals surface area contributed by atoms with E-state index in [1.54, 1.807) is 29.2 Å². The van der Waals surface area contributed by atoms with E-state index in [9.17, 15) is 18.4 Å². The predicted molar refractivity (Wildman–Crippen MR) is 133 cm³/mol. The summed E-state index contributed by atoms with van der Waals surface area (Å²) in [4.78, 5) is 29.5. The number of amides is 3. The van der Waals surface area contributed by atoms with Gasteiger partial charge >= 0.3 is 6.03 Å². The van der Waals surface area contributed by atoms with Gasteiger partial charge in [-0.2, -0.15) is 0 Å². The van der Waals surface area contributed by atoms with Gasteiger partial charge in [-0.15, -0.1) is 0 Å². The summed E-state index contributed by atoms with van der Waals surface area (Å²) < 4.78 is 27.1. The molecule has 0 saturated carbocycles. The van der Waals surface area contributed by atoms with Crippen molar-refractivity contribution in [1.82, 2.24) is 20.4 Å². The maximum Gasteiger partial charge on any atom is 0.318 e. The summed E-state index contributed by atoms with van der Waals surface area (Å²) in [5.74, 6) is -0.518. The largest absolute Gasteiger partial charge is 0.354 e. The van der Waals surface area contributed by atoms with Crippen LogP contribution in [0.1, 0.15) is 50.8 Å². The monoisotopic (exact) mass is 486 g/mol. The molecule has 8 heteroatoms. The Bertz CT molecular complexity index is 913. The summed E-state index contributed by atoms with van der Waals surface area (Å²) in [6.07, 6.45) is 1.40. The van der Waals surface area contributed by atoms with Crippen molar-refractivity contribution < 1.29 is 18.4 Å². The molecule has 0 radical (unpaired) electrons. The van der Waals surface area contributed by atoms with Crippen molar-refractivity contribution in [3.63, 3.8) is 0 Å². The van der Waals surface area contributed by atoms with E-state index < -0.39 is 6.04 Å². The van der Waals surface area contributed by atoms with Crippen molar-refractivity contribution in [3.8, 4) is 0 Å². The van der Waals surface area contributed by atoms with E-state index in [0.717, 1.165) is 17.5 Å². The van der Waals surface area contributed by atoms with Gasteiger partial charge in [-0.05, 0) is 54.2 Å². The number of hydrogen-bond donors (Lipinski definition) is 2. The Hall–Kier alpha value is -3.00. The third kappa shape index (κ3) is 7.49. The summed E-state index contributed by atoms with van der Waals surface area (Å²) in [5.41, 5.74) is 1.81. The van der Waals surface area contributed by atoms with Gasteiger partial charge in [-0.25, -0.2) is 13.6 Å². The summed E-state index contributed by atoms with van der Waals surface area (Å²) in [7, 11) is 0. The minimum atomic E-state index is -0.571. The Morgan fingerprint density at radius 1 is 0.886 bits per heavy atom. The fraction of sp³-hybridized carbons (Fsp3) is 0.481. The molecule has 1 heterocycles. The lowest BCUT2D eigenvalue weighted by Crippen LogP contribution is -2.56. The third-order valence-electron chi connectivity index (χ3n) is 6.21. The van der Waals surface area contributed by atoms with Crippen molar-refractivity contribution in [1.29, 1.82) is 0 Å². The van der Waals surface area contributed by atoms with Gasteiger partial charge in [0.05, 0.1) is 6.04 Å². The first kappa shape index (κ1) is 26.6. The van der Waals surface area contributed by atoms with Gasteiger partial charge in [-0.1, -0.05) is 45.0 Å². The van der Waals surface area contributed by atoms with Crippen LogP contribution in [-0.2, 0) is 4.79 Å². The van der Waals surface area contributed by atoms with Crippen LogP contribution in [0.2, 0.25) is 0 Å². The summed E-state index contributed by atoms with van der Waals surface area (Å²) >= 11 is 0. The molecule has 0 aliphatic carbocycles. The highest BCUT2D eigenvalue weighted by Gasteiger charge is 2.30. The number of urea groups is 1. The molecule has 1 fully saturated rings. The highest BCUT2D eigenvalue weighted by molar-refractivity contribution is 5.87. The number of nitrogens with zero attached hydrogens (tertiary/aromatic N) is 2. The van der Waals surface area contributed by atoms with E-state index in [2.05, 4.69) is 15.5 Å². The van der Waals surface area contributed by atoms with Crippen LogP contribution in [-0.4, -0.2) is 60.5 Å². The van der Waals surface area contributed by atoms with Gasteiger partial charge in [0.2, 0.25) is 5.91 Å². The number of piperazine rings is 1. The molecule has 2 aromatic rings. The van der Waals surface area contributed by atoms with E-state index in [4.69, 9.17) is 0 Å². The number of nitrogens with one attached hydrogen (secondary N) is 2. The lowest BCUT2D eigenvalue weighted by molar-refractivity contribution is -0.123. The molecule has 0 aromatic heterocycles. The van der Waals surface area contributed by atoms with E-state index in [1.807, 2.05) is 20.8 Å². The Balaban J connectivity index is 1.68. The lowest BCUT2D eigenvalue weighted by atomic mass is 9.96. The number of benzene rings is 2. The second-order valence-electron chi connectivity index (χ2n) is 9.45. The molecule has 1 aliphatic heterocycles. The normalized spacial score (nSPS) is 15.3. The van der Waals surface area contributed by atoms with Crippen LogP contribution in [0.3, 0.4) is 0 Å². The highest BCUT2D eigenvalue weighted by atomic mass is 19.1. The molecule has 2 N–H and O–H groups in total. The lowest BCUT2D eigenvalue weighted by Gasteiger charge is -2.40. The van der Waals surface area contributed by atoms with Crippen LogP contribution in [0.15, 0.2) is 48.5 Å². The molecule has 2 aromatic carbocycles. The molecular formula is C27H36F2N4O2. The van der Waals surface area contributed by atoms with Gasteiger partial charge in [0.15, 0.2) is 0 Å². The van der Waals surface area contributed by atoms with E-state index in [1.165, 1.54) is 24.3 Å². The topological polar surface area (TPSA) is 64.7 Å². The zero-order valence-electron chi connectivity index (χ0n) is 20.8. The average Bonchev–Trinajstić information content (AvgIpc) is 2.84. The molecule has 1 saturated heterocycles. The number of hydrogen-bond acceptors (Lipinski definition) is 3. The number of halogens is 2. The van der Waals surface area contributed by atoms with Crippen molar-refractivity contribution in [2.24, 2.45) is 5.92 Å². The van der Waals surface area contributed by atoms with Crippen molar-refractivity contribution in [3.05, 3.63) is 71.3 Å². The fourth-order valence-corrected chi connectivity index (χ4v) is 4.40. The Morgan fingerprint density at radius 2 is 1.40 bits per heavy atom. The molecule has 6 nitrogen and oxygen atoms in total. The molecule has 3 rings (SSSR count). The number of carbonyl (C=O) groups excluding carboxylic acids is 2. The zero-order chi connectivity index (χ0) is 25.4. The van der Waals surface area contributed by atoms with Crippen LogP contribution in [0.4, 0.5) is 13.6 Å². The van der Waals surface area contributed by atoms with Gasteiger partial charge in [0.1, 0.15) is 17.7 Å². The maximum absolute atomic E-state index is 13.6. The molecule has 3 amide bonds. The smallest absolute Gasteiger partial charge is 0.318 e. The van der Waals surface area contributed by atoms with Crippen LogP contribution in [0.25, 0.3) is 0 Å². The van der Waals surface area contributed by atoms with Crippen molar-refractivity contribution >= 4 is 11.9 Å². The number of rotatable bonds is 9. The SMILES string of the molecule is CCCNC(=O)[C@H](CC(C)C)NC(=O)N1CCN(C(c2ccc(F)cc2)c2ccc(F)cc2)CC1. The van der Waals surface area contributed by atoms with Crippen LogP contribution in [0.5, 0.6) is 0 Å². The van der Waals surface area contributed by atoms with Crippen LogP contribution >= 0.6 is 0 Å². The summed E-state index contributed by atoms with van der Waals surface area (Å²) in [6, 6.07) is 11.7. The molecular weight excluding hydrogens is 450 g/mol. The van der Waals surface area contributed by atoms with Gasteiger partial charge < -0.3 is 15.5 Å². The van der Waals surface area contributed by atoms with Crippen LogP contribution < -0.4 is 10.6 Å². The number of carbonyl (C=O) groups is 2. The Kier molecular flexibility index (Phi) is 9.60. The fourth-order valence-electron chi connectivity index (χ4n) is 4.40. The second kappa shape index (κ2) is 12.6. The molecule has 0 spiro atoms. The van der Waals surface area contributed by atoms with E-state index in [0.29, 0.717) is 39.1 Å². The molecule has 190 valence electrons. The molecule has 35 heavy (non-hydrogen) atoms. The summed E-state index contributed by atoms with van der Waals surface area (Å²) in [6.45, 7) is 8.75. The van der Waals surface area contributed by atoms with Crippen LogP contribution in [0, 0.1) is 17.6 Å². The van der Waals surface area contributed by atoms with Crippen molar-refractivity contribution in [2.75, 3.05) is 32.7 Å². The summed E-state index contributed by atoms with van der Waals surface area (Å²) in [5, 5.41) is 5.80. The molecule has 0 unspecified atom stereocenters. The quantitative estimate of drug-likeness (QED) is 0.555. The predicted octanol–water partition coefficient (Wildman–Crippen LogP) is 4.32. The van der Waals surface area contributed by atoms with Crippen molar-refractivity contribution in [2.45, 2.75) is 45.7 Å². The van der Waals surface area contributed by atoms with Gasteiger partial charge in [0.25, 0.3) is 0 Å². The van der Waals surface area contributed by atoms with Gasteiger partial charge in [-0.3, -0.25) is 9.69 Å². The van der Waals surface area contributed by atoms with E-state index in [-0.39, 0.29) is 35.5 Å². The minimum Gasteiger partial charge on any atom is -0.354 e. The zero-order valence-corrected chi connectivity index (χ0v) is 20.8. The molecule has 1 atom stereocenters. The van der Waals surface area contributed by atoms with Gasteiger partial charge in [0, 0.05) is 32.7 Å². The molecule has 1 aliphatic rings. The Morgan fingerprint density at radius 3 is 1.86 bits per heavy atom. The minimum absolute atomic E-state index is 0.153. The molecule has 0 bridgehead atoms. The third-order valence-corrected chi connectivity index (χ3v) is 6.21. The Labute approximate surface area is 206 Å². The first-order valence-electron chi connectivity index (χ1n) is 12.4. The second-order valence-corrected chi connectivity index (χ2v) is 9.45. The first-order chi connectivity index (χ1) is 16.8. The average molecular weight is 487 g/mol. The van der Waals surface area contributed by atoms with E-state index >= 15 is 0 Å². The first-order valence-corrected chi connectivity index (χ1v) is 12.4. The maximum atomic E-state index is 13.6.